The molecule has 5 atom stereocenters. The highest BCUT2D eigenvalue weighted by Crippen LogP contribution is 2.34. The number of carbonyl (C=O) groups is 1. The standard InChI is InChI=1S/C12H20BrFO4/c1-4-9-7(2)10(16-6-5-14)11(12(13)18-9)17-8(3)15/h7,9-12H,4-6H2,1-3H3/t7-,9-,10-,11-,12?/m1/s1. The number of halogens is 2. The zero-order valence-electron chi connectivity index (χ0n) is 10.9. The van der Waals surface area contributed by atoms with Crippen LogP contribution in [0.4, 0.5) is 4.39 Å². The van der Waals surface area contributed by atoms with Gasteiger partial charge in [0.1, 0.15) is 12.8 Å². The molecule has 4 nitrogen and oxygen atoms in total. The number of hydrogen-bond donors (Lipinski definition) is 0. The number of hydrogen-bond acceptors (Lipinski definition) is 4. The number of alkyl halides is 2. The van der Waals surface area contributed by atoms with Crippen LogP contribution in [0.1, 0.15) is 27.2 Å². The third-order valence-corrected chi connectivity index (χ3v) is 3.82. The molecule has 0 aromatic rings. The van der Waals surface area contributed by atoms with Crippen molar-refractivity contribution in [2.45, 2.75) is 50.5 Å². The van der Waals surface area contributed by atoms with E-state index in [1.54, 1.807) is 0 Å². The lowest BCUT2D eigenvalue weighted by atomic mass is 9.90. The van der Waals surface area contributed by atoms with E-state index in [4.69, 9.17) is 14.2 Å². The van der Waals surface area contributed by atoms with Gasteiger partial charge in [-0.05, 0) is 6.42 Å². The van der Waals surface area contributed by atoms with Crippen molar-refractivity contribution in [3.8, 4) is 0 Å². The Morgan fingerprint density at radius 3 is 2.61 bits per heavy atom. The predicted molar refractivity (Wildman–Crippen MR) is 68.3 cm³/mol. The lowest BCUT2D eigenvalue weighted by molar-refractivity contribution is -0.204. The van der Waals surface area contributed by atoms with Crippen LogP contribution >= 0.6 is 15.9 Å². The second kappa shape index (κ2) is 7.40. The maximum Gasteiger partial charge on any atom is 0.303 e. The van der Waals surface area contributed by atoms with Crippen LogP contribution in [-0.4, -0.2) is 42.6 Å². The van der Waals surface area contributed by atoms with Gasteiger partial charge in [-0.3, -0.25) is 4.79 Å². The van der Waals surface area contributed by atoms with Gasteiger partial charge in [0.05, 0.1) is 12.7 Å². The summed E-state index contributed by atoms with van der Waals surface area (Å²) in [7, 11) is 0. The van der Waals surface area contributed by atoms with Crippen LogP contribution in [0.15, 0.2) is 0 Å². The number of esters is 1. The molecule has 1 unspecified atom stereocenters. The second-order valence-electron chi connectivity index (χ2n) is 4.39. The number of ether oxygens (including phenoxy) is 3. The van der Waals surface area contributed by atoms with Crippen molar-refractivity contribution in [2.75, 3.05) is 13.3 Å². The van der Waals surface area contributed by atoms with Gasteiger partial charge >= 0.3 is 5.97 Å². The average molecular weight is 327 g/mol. The van der Waals surface area contributed by atoms with Crippen molar-refractivity contribution in [3.63, 3.8) is 0 Å². The van der Waals surface area contributed by atoms with E-state index in [2.05, 4.69) is 15.9 Å². The molecule has 1 saturated heterocycles. The number of carbonyl (C=O) groups excluding carboxylic acids is 1. The van der Waals surface area contributed by atoms with Gasteiger partial charge in [-0.1, -0.05) is 29.8 Å². The molecule has 1 heterocycles. The van der Waals surface area contributed by atoms with Crippen LogP contribution in [0, 0.1) is 5.92 Å². The molecule has 0 radical (unpaired) electrons. The van der Waals surface area contributed by atoms with Gasteiger partial charge in [0.25, 0.3) is 0 Å². The molecule has 1 rings (SSSR count). The fourth-order valence-corrected chi connectivity index (χ4v) is 2.92. The maximum atomic E-state index is 12.3. The quantitative estimate of drug-likeness (QED) is 0.575. The predicted octanol–water partition coefficient (Wildman–Crippen LogP) is 2.44. The van der Waals surface area contributed by atoms with Crippen molar-refractivity contribution in [1.29, 1.82) is 0 Å². The van der Waals surface area contributed by atoms with Crippen LogP contribution in [0.25, 0.3) is 0 Å². The zero-order valence-corrected chi connectivity index (χ0v) is 12.5. The Hall–Kier alpha value is -0.200. The Balaban J connectivity index is 2.79. The SMILES string of the molecule is CC[C@H]1OC(Br)[C@H](OC(C)=O)[C@H](OCCF)[C@@H]1C. The molecular formula is C12H20BrFO4. The first-order chi connectivity index (χ1) is 8.51. The Morgan fingerprint density at radius 2 is 2.11 bits per heavy atom. The third-order valence-electron chi connectivity index (χ3n) is 3.08. The first-order valence-corrected chi connectivity index (χ1v) is 7.07. The number of rotatable bonds is 5. The summed E-state index contributed by atoms with van der Waals surface area (Å²) in [4.78, 5) is 11.1. The molecule has 0 saturated carbocycles. The smallest absolute Gasteiger partial charge is 0.303 e. The minimum absolute atomic E-state index is 0.00290. The molecule has 0 bridgehead atoms. The normalized spacial score (nSPS) is 36.4. The Kier molecular flexibility index (Phi) is 6.52. The Bertz CT molecular complexity index is 277. The molecule has 0 spiro atoms. The fourth-order valence-electron chi connectivity index (χ4n) is 2.24. The summed E-state index contributed by atoms with van der Waals surface area (Å²) in [6, 6.07) is 0. The van der Waals surface area contributed by atoms with E-state index in [0.29, 0.717) is 0 Å². The summed E-state index contributed by atoms with van der Waals surface area (Å²) >= 11 is 3.35. The zero-order chi connectivity index (χ0) is 13.7. The molecule has 6 heteroatoms. The van der Waals surface area contributed by atoms with Crippen molar-refractivity contribution < 1.29 is 23.4 Å². The minimum Gasteiger partial charge on any atom is -0.456 e. The van der Waals surface area contributed by atoms with E-state index in [0.717, 1.165) is 6.42 Å². The molecule has 1 fully saturated rings. The van der Waals surface area contributed by atoms with Crippen LogP contribution in [0.3, 0.4) is 0 Å². The van der Waals surface area contributed by atoms with Gasteiger partial charge in [0, 0.05) is 12.8 Å². The van der Waals surface area contributed by atoms with Crippen molar-refractivity contribution >= 4 is 21.9 Å². The Morgan fingerprint density at radius 1 is 1.44 bits per heavy atom. The highest BCUT2D eigenvalue weighted by molar-refractivity contribution is 9.09. The maximum absolute atomic E-state index is 12.3. The van der Waals surface area contributed by atoms with E-state index in [-0.39, 0.29) is 24.7 Å². The van der Waals surface area contributed by atoms with E-state index >= 15 is 0 Å². The Labute approximate surface area is 115 Å². The van der Waals surface area contributed by atoms with Gasteiger partial charge in [0.2, 0.25) is 0 Å². The van der Waals surface area contributed by atoms with Crippen LogP contribution in [0.2, 0.25) is 0 Å². The summed E-state index contributed by atoms with van der Waals surface area (Å²) in [5.74, 6) is -0.358. The van der Waals surface area contributed by atoms with Crippen molar-refractivity contribution in [1.82, 2.24) is 0 Å². The largest absolute Gasteiger partial charge is 0.456 e. The molecule has 0 aliphatic carbocycles. The molecule has 0 N–H and O–H groups in total. The summed E-state index contributed by atoms with van der Waals surface area (Å²) in [6.07, 6.45) is -0.0729. The molecule has 1 aliphatic heterocycles. The molecule has 0 aromatic carbocycles. The lowest BCUT2D eigenvalue weighted by Crippen LogP contribution is -2.54. The van der Waals surface area contributed by atoms with E-state index < -0.39 is 23.8 Å². The van der Waals surface area contributed by atoms with E-state index in [1.807, 2.05) is 13.8 Å². The molecule has 18 heavy (non-hydrogen) atoms. The average Bonchev–Trinajstić information content (AvgIpc) is 2.32. The molecule has 0 aromatic heterocycles. The topological polar surface area (TPSA) is 44.8 Å². The van der Waals surface area contributed by atoms with Crippen LogP contribution < -0.4 is 0 Å². The summed E-state index contributed by atoms with van der Waals surface area (Å²) in [5.41, 5.74) is 0. The fraction of sp³-hybridized carbons (Fsp3) is 0.917. The van der Waals surface area contributed by atoms with Crippen LogP contribution in [-0.2, 0) is 19.0 Å². The summed E-state index contributed by atoms with van der Waals surface area (Å²) in [5, 5.41) is -0.424. The van der Waals surface area contributed by atoms with Gasteiger partial charge in [0.15, 0.2) is 11.1 Å². The first kappa shape index (κ1) is 15.9. The second-order valence-corrected chi connectivity index (χ2v) is 5.29. The van der Waals surface area contributed by atoms with Crippen LogP contribution in [0.5, 0.6) is 0 Å². The van der Waals surface area contributed by atoms with Gasteiger partial charge in [-0.25, -0.2) is 4.39 Å². The summed E-state index contributed by atoms with van der Waals surface area (Å²) < 4.78 is 28.7. The van der Waals surface area contributed by atoms with Gasteiger partial charge in [-0.2, -0.15) is 0 Å². The van der Waals surface area contributed by atoms with Crippen molar-refractivity contribution in [2.24, 2.45) is 5.92 Å². The van der Waals surface area contributed by atoms with Gasteiger partial charge in [-0.15, -0.1) is 0 Å². The highest BCUT2D eigenvalue weighted by atomic mass is 79.9. The van der Waals surface area contributed by atoms with E-state index in [1.165, 1.54) is 6.92 Å². The minimum atomic E-state index is -0.555. The van der Waals surface area contributed by atoms with E-state index in [9.17, 15) is 9.18 Å². The highest BCUT2D eigenvalue weighted by Gasteiger charge is 2.44. The lowest BCUT2D eigenvalue weighted by Gasteiger charge is -2.43. The molecule has 0 amide bonds. The molecule has 106 valence electrons. The van der Waals surface area contributed by atoms with Gasteiger partial charge < -0.3 is 14.2 Å². The summed E-state index contributed by atoms with van der Waals surface area (Å²) in [6.45, 7) is 4.76. The molecular weight excluding hydrogens is 307 g/mol. The third kappa shape index (κ3) is 3.90. The van der Waals surface area contributed by atoms with Crippen molar-refractivity contribution in [3.05, 3.63) is 0 Å². The first-order valence-electron chi connectivity index (χ1n) is 6.15. The molecule has 1 aliphatic rings. The monoisotopic (exact) mass is 326 g/mol.